The topological polar surface area (TPSA) is 129 Å². The third kappa shape index (κ3) is 7.31. The van der Waals surface area contributed by atoms with Crippen LogP contribution in [-0.2, 0) is 27.4 Å². The Morgan fingerprint density at radius 1 is 0.730 bits per heavy atom. The zero-order valence-electron chi connectivity index (χ0n) is 20.8. The number of hydrogen-bond acceptors (Lipinski definition) is 7. The van der Waals surface area contributed by atoms with Crippen molar-refractivity contribution >= 4 is 11.8 Å². The molecule has 0 bridgehead atoms. The first-order valence-corrected chi connectivity index (χ1v) is 12.0. The van der Waals surface area contributed by atoms with Gasteiger partial charge in [0.15, 0.2) is 0 Å². The Kier molecular flexibility index (Phi) is 8.71. The molecular formula is C26H30N8O3. The third-order valence-electron chi connectivity index (χ3n) is 5.59. The average molecular weight is 503 g/mol. The number of carbonyl (C=O) groups is 2. The van der Waals surface area contributed by atoms with Crippen molar-refractivity contribution in [3.05, 3.63) is 95.6 Å². The van der Waals surface area contributed by atoms with Crippen LogP contribution in [0.2, 0.25) is 0 Å². The van der Waals surface area contributed by atoms with E-state index in [-0.39, 0.29) is 23.9 Å². The first-order valence-electron chi connectivity index (χ1n) is 12.0. The summed E-state index contributed by atoms with van der Waals surface area (Å²) >= 11 is 0. The number of hydrogen-bond donors (Lipinski definition) is 2. The number of amides is 2. The molecule has 0 aliphatic carbocycles. The normalized spacial score (nSPS) is 12.6. The van der Waals surface area contributed by atoms with Gasteiger partial charge in [-0.1, -0.05) is 71.1 Å². The Bertz CT molecular complexity index is 1190. The number of aromatic nitrogens is 6. The van der Waals surface area contributed by atoms with Crippen LogP contribution in [0, 0.1) is 0 Å². The summed E-state index contributed by atoms with van der Waals surface area (Å²) in [6, 6.07) is 18.6. The summed E-state index contributed by atoms with van der Waals surface area (Å²) < 4.78 is 9.15. The van der Waals surface area contributed by atoms with E-state index in [1.54, 1.807) is 9.36 Å². The minimum Gasteiger partial charge on any atom is -0.378 e. The van der Waals surface area contributed by atoms with Crippen LogP contribution in [0.3, 0.4) is 0 Å². The van der Waals surface area contributed by atoms with Crippen LogP contribution in [0.15, 0.2) is 73.1 Å². The van der Waals surface area contributed by atoms with Gasteiger partial charge in [-0.15, -0.1) is 10.2 Å². The molecule has 4 rings (SSSR count). The van der Waals surface area contributed by atoms with Crippen LogP contribution in [0.4, 0.5) is 0 Å². The number of benzene rings is 2. The maximum Gasteiger partial charge on any atom is 0.217 e. The first kappa shape index (κ1) is 25.7. The van der Waals surface area contributed by atoms with Crippen molar-refractivity contribution in [1.82, 2.24) is 40.6 Å². The largest absolute Gasteiger partial charge is 0.378 e. The molecule has 0 aliphatic rings. The van der Waals surface area contributed by atoms with E-state index in [9.17, 15) is 9.59 Å². The smallest absolute Gasteiger partial charge is 0.217 e. The highest BCUT2D eigenvalue weighted by Gasteiger charge is 2.20. The zero-order valence-corrected chi connectivity index (χ0v) is 20.8. The van der Waals surface area contributed by atoms with Crippen LogP contribution in [0.1, 0.15) is 48.4 Å². The number of nitrogens with zero attached hydrogens (tertiary/aromatic N) is 6. The van der Waals surface area contributed by atoms with Gasteiger partial charge in [0, 0.05) is 13.8 Å². The van der Waals surface area contributed by atoms with E-state index in [4.69, 9.17) is 4.74 Å². The molecule has 37 heavy (non-hydrogen) atoms. The average Bonchev–Trinajstić information content (AvgIpc) is 3.56. The lowest BCUT2D eigenvalue weighted by atomic mass is 10.0. The monoisotopic (exact) mass is 502 g/mol. The van der Waals surface area contributed by atoms with Crippen molar-refractivity contribution in [1.29, 1.82) is 0 Å². The maximum absolute atomic E-state index is 11.7. The second kappa shape index (κ2) is 12.5. The summed E-state index contributed by atoms with van der Waals surface area (Å²) in [7, 11) is 0. The highest BCUT2D eigenvalue weighted by molar-refractivity contribution is 5.74. The predicted octanol–water partition coefficient (Wildman–Crippen LogP) is 2.04. The van der Waals surface area contributed by atoms with Crippen molar-refractivity contribution in [2.45, 2.75) is 39.0 Å². The Morgan fingerprint density at radius 3 is 1.51 bits per heavy atom. The lowest BCUT2D eigenvalue weighted by Gasteiger charge is -2.15. The zero-order chi connectivity index (χ0) is 26.0. The standard InChI is InChI=1S/C26H30N8O3/c1-19(35)27-25(21-9-5-3-6-10-21)23-17-33(31-29-23)13-15-37-16-14-34-18-24(30-32-34)26(28-20(2)36)22-11-7-4-8-12-22/h3-12,17-18,25-26H,13-16H2,1-2H3,(H,27,35)(H,28,36). The lowest BCUT2D eigenvalue weighted by molar-refractivity contribution is -0.120. The minimum atomic E-state index is -0.368. The van der Waals surface area contributed by atoms with Gasteiger partial charge in [-0.3, -0.25) is 9.59 Å². The van der Waals surface area contributed by atoms with Gasteiger partial charge in [-0.05, 0) is 11.1 Å². The minimum absolute atomic E-state index is 0.143. The molecule has 192 valence electrons. The van der Waals surface area contributed by atoms with Gasteiger partial charge >= 0.3 is 0 Å². The van der Waals surface area contributed by atoms with E-state index in [2.05, 4.69) is 31.3 Å². The highest BCUT2D eigenvalue weighted by atomic mass is 16.5. The van der Waals surface area contributed by atoms with E-state index in [1.807, 2.05) is 73.1 Å². The maximum atomic E-state index is 11.7. The van der Waals surface area contributed by atoms with Crippen LogP contribution in [-0.4, -0.2) is 55.0 Å². The molecule has 0 spiro atoms. The van der Waals surface area contributed by atoms with Crippen molar-refractivity contribution in [3.63, 3.8) is 0 Å². The van der Waals surface area contributed by atoms with E-state index in [1.165, 1.54) is 13.8 Å². The van der Waals surface area contributed by atoms with Gasteiger partial charge < -0.3 is 15.4 Å². The molecular weight excluding hydrogens is 472 g/mol. The van der Waals surface area contributed by atoms with Crippen molar-refractivity contribution in [3.8, 4) is 0 Å². The SMILES string of the molecule is CC(=O)NC(c1ccccc1)c1cn(CCOCCn2cc(C(NC(C)=O)c3ccccc3)nn2)nn1. The highest BCUT2D eigenvalue weighted by Crippen LogP contribution is 2.20. The van der Waals surface area contributed by atoms with Crippen LogP contribution in [0.25, 0.3) is 0 Å². The van der Waals surface area contributed by atoms with E-state index in [0.29, 0.717) is 37.7 Å². The van der Waals surface area contributed by atoms with Gasteiger partial charge in [-0.2, -0.15) is 0 Å². The molecule has 0 aliphatic heterocycles. The molecule has 2 heterocycles. The molecule has 4 aromatic rings. The molecule has 2 unspecified atom stereocenters. The summed E-state index contributed by atoms with van der Waals surface area (Å²) in [5, 5.41) is 22.7. The molecule has 2 amide bonds. The number of nitrogens with one attached hydrogen (secondary N) is 2. The van der Waals surface area contributed by atoms with Crippen LogP contribution < -0.4 is 10.6 Å². The van der Waals surface area contributed by atoms with E-state index >= 15 is 0 Å². The Morgan fingerprint density at radius 2 is 1.14 bits per heavy atom. The number of rotatable bonds is 12. The number of carbonyl (C=O) groups excluding carboxylic acids is 2. The van der Waals surface area contributed by atoms with Gasteiger partial charge in [-0.25, -0.2) is 9.36 Å². The summed E-state index contributed by atoms with van der Waals surface area (Å²) in [4.78, 5) is 23.4. The Balaban J connectivity index is 1.27. The Hall–Kier alpha value is -4.38. The summed E-state index contributed by atoms with van der Waals surface area (Å²) in [5.74, 6) is -0.287. The molecule has 2 atom stereocenters. The third-order valence-corrected chi connectivity index (χ3v) is 5.59. The summed E-state index contributed by atoms with van der Waals surface area (Å²) in [6.07, 6.45) is 3.62. The quantitative estimate of drug-likeness (QED) is 0.284. The van der Waals surface area contributed by atoms with E-state index < -0.39 is 0 Å². The van der Waals surface area contributed by atoms with Crippen molar-refractivity contribution in [2.75, 3.05) is 13.2 Å². The first-order chi connectivity index (χ1) is 18.0. The lowest BCUT2D eigenvalue weighted by Crippen LogP contribution is -2.27. The van der Waals surface area contributed by atoms with Gasteiger partial charge in [0.2, 0.25) is 11.8 Å². The van der Waals surface area contributed by atoms with Crippen molar-refractivity contribution < 1.29 is 14.3 Å². The summed E-state index contributed by atoms with van der Waals surface area (Å²) in [5.41, 5.74) is 3.18. The molecule has 0 radical (unpaired) electrons. The van der Waals surface area contributed by atoms with Gasteiger partial charge in [0.1, 0.15) is 11.4 Å². The van der Waals surface area contributed by atoms with Crippen molar-refractivity contribution in [2.24, 2.45) is 0 Å². The fourth-order valence-electron chi connectivity index (χ4n) is 3.88. The fourth-order valence-corrected chi connectivity index (χ4v) is 3.88. The fraction of sp³-hybridized carbons (Fsp3) is 0.308. The molecule has 11 nitrogen and oxygen atoms in total. The second-order valence-corrected chi connectivity index (χ2v) is 8.51. The molecule has 2 aromatic carbocycles. The molecule has 0 fully saturated rings. The molecule has 0 saturated heterocycles. The van der Waals surface area contributed by atoms with Gasteiger partial charge in [0.05, 0.1) is 50.8 Å². The van der Waals surface area contributed by atoms with Crippen LogP contribution >= 0.6 is 0 Å². The van der Waals surface area contributed by atoms with Gasteiger partial charge in [0.25, 0.3) is 0 Å². The molecule has 2 aromatic heterocycles. The summed E-state index contributed by atoms with van der Waals surface area (Å²) in [6.45, 7) is 4.84. The molecule has 0 saturated carbocycles. The number of ether oxygens (including phenoxy) is 1. The van der Waals surface area contributed by atoms with Crippen LogP contribution in [0.5, 0.6) is 0 Å². The molecule has 2 N–H and O–H groups in total. The second-order valence-electron chi connectivity index (χ2n) is 8.51. The molecule has 11 heteroatoms. The predicted molar refractivity (Wildman–Crippen MR) is 135 cm³/mol. The van der Waals surface area contributed by atoms with E-state index in [0.717, 1.165) is 11.1 Å². The Labute approximate surface area is 214 Å².